The van der Waals surface area contributed by atoms with E-state index in [1.54, 1.807) is 0 Å². The zero-order valence-electron chi connectivity index (χ0n) is 9.62. The molecular formula is C10H11FN4O3. The van der Waals surface area contributed by atoms with Crippen LogP contribution in [0.25, 0.3) is 0 Å². The molecule has 1 heterocycles. The van der Waals surface area contributed by atoms with Crippen LogP contribution in [-0.4, -0.2) is 40.6 Å². The number of pyridine rings is 1. The molecule has 1 aromatic heterocycles. The Labute approximate surface area is 102 Å². The number of nitrogens with zero attached hydrogens (tertiary/aromatic N) is 4. The van der Waals surface area contributed by atoms with Gasteiger partial charge in [-0.2, -0.15) is 4.39 Å². The molecule has 1 amide bonds. The lowest BCUT2D eigenvalue weighted by atomic mass is 10.3. The SMILES string of the molecule is CN(C=O)C(C[N+](=O)[O-])=NCc1ccc(F)nc1. The van der Waals surface area contributed by atoms with Gasteiger partial charge in [0.15, 0.2) is 5.84 Å². The lowest BCUT2D eigenvalue weighted by Crippen LogP contribution is -2.31. The zero-order valence-corrected chi connectivity index (χ0v) is 9.62. The van der Waals surface area contributed by atoms with Gasteiger partial charge in [0, 0.05) is 18.2 Å². The molecule has 0 spiro atoms. The van der Waals surface area contributed by atoms with E-state index in [9.17, 15) is 19.3 Å². The Balaban J connectivity index is 2.78. The Morgan fingerprint density at radius 2 is 2.39 bits per heavy atom. The fraction of sp³-hybridized carbons (Fsp3) is 0.300. The van der Waals surface area contributed by atoms with Crippen LogP contribution in [-0.2, 0) is 11.3 Å². The van der Waals surface area contributed by atoms with Crippen molar-refractivity contribution < 1.29 is 14.1 Å². The first kappa shape index (κ1) is 13.7. The van der Waals surface area contributed by atoms with Gasteiger partial charge >= 0.3 is 0 Å². The molecule has 96 valence electrons. The van der Waals surface area contributed by atoms with Gasteiger partial charge in [-0.15, -0.1) is 0 Å². The van der Waals surface area contributed by atoms with Gasteiger partial charge in [-0.3, -0.25) is 19.9 Å². The zero-order chi connectivity index (χ0) is 13.5. The summed E-state index contributed by atoms with van der Waals surface area (Å²) in [7, 11) is 1.37. The lowest BCUT2D eigenvalue weighted by Gasteiger charge is -2.10. The number of aliphatic imine (C=N–C) groups is 1. The minimum Gasteiger partial charge on any atom is -0.301 e. The van der Waals surface area contributed by atoms with Crippen LogP contribution in [0.15, 0.2) is 23.3 Å². The van der Waals surface area contributed by atoms with Gasteiger partial charge in [-0.05, 0) is 11.6 Å². The molecular weight excluding hydrogens is 243 g/mol. The first-order valence-electron chi connectivity index (χ1n) is 4.96. The summed E-state index contributed by atoms with van der Waals surface area (Å²) in [6.07, 6.45) is 1.72. The molecule has 0 atom stereocenters. The Kier molecular flexibility index (Phi) is 4.85. The maximum Gasteiger partial charge on any atom is 0.260 e. The average molecular weight is 254 g/mol. The third-order valence-electron chi connectivity index (χ3n) is 2.07. The maximum atomic E-state index is 12.5. The van der Waals surface area contributed by atoms with Crippen molar-refractivity contribution in [3.05, 3.63) is 40.0 Å². The van der Waals surface area contributed by atoms with E-state index in [4.69, 9.17) is 0 Å². The highest BCUT2D eigenvalue weighted by molar-refractivity contribution is 5.91. The standard InChI is InChI=1S/C10H11FN4O3/c1-14(7-16)10(6-15(17)18)13-5-8-2-3-9(11)12-4-8/h2-4,7H,5-6H2,1H3. The van der Waals surface area contributed by atoms with E-state index in [0.29, 0.717) is 12.0 Å². The number of carbonyl (C=O) groups is 1. The van der Waals surface area contributed by atoms with Crippen LogP contribution in [0.5, 0.6) is 0 Å². The molecule has 0 bridgehead atoms. The van der Waals surface area contributed by atoms with Crippen LogP contribution >= 0.6 is 0 Å². The van der Waals surface area contributed by atoms with Gasteiger partial charge in [0.05, 0.1) is 6.54 Å². The number of hydrogen-bond acceptors (Lipinski definition) is 5. The van der Waals surface area contributed by atoms with Crippen LogP contribution in [0.2, 0.25) is 0 Å². The third-order valence-corrected chi connectivity index (χ3v) is 2.07. The summed E-state index contributed by atoms with van der Waals surface area (Å²) >= 11 is 0. The van der Waals surface area contributed by atoms with Crippen molar-refractivity contribution in [2.75, 3.05) is 13.6 Å². The normalized spacial score (nSPS) is 11.1. The maximum absolute atomic E-state index is 12.5. The molecule has 0 unspecified atom stereocenters. The highest BCUT2D eigenvalue weighted by Crippen LogP contribution is 2.01. The van der Waals surface area contributed by atoms with Gasteiger partial charge in [0.25, 0.3) is 6.54 Å². The third kappa shape index (κ3) is 4.24. The predicted molar refractivity (Wildman–Crippen MR) is 61.0 cm³/mol. The first-order chi connectivity index (χ1) is 8.52. The van der Waals surface area contributed by atoms with Gasteiger partial charge in [-0.25, -0.2) is 4.98 Å². The number of amides is 1. The predicted octanol–water partition coefficient (Wildman–Crippen LogP) is 0.484. The van der Waals surface area contributed by atoms with E-state index in [2.05, 4.69) is 9.98 Å². The number of halogens is 1. The summed E-state index contributed by atoms with van der Waals surface area (Å²) in [6, 6.07) is 2.64. The fourth-order valence-electron chi connectivity index (χ4n) is 1.13. The molecule has 0 aliphatic heterocycles. The molecule has 1 aromatic rings. The summed E-state index contributed by atoms with van der Waals surface area (Å²) in [4.78, 5) is 28.8. The van der Waals surface area contributed by atoms with E-state index in [-0.39, 0.29) is 12.4 Å². The van der Waals surface area contributed by atoms with E-state index < -0.39 is 17.4 Å². The molecule has 8 heteroatoms. The van der Waals surface area contributed by atoms with Crippen molar-refractivity contribution in [2.45, 2.75) is 6.54 Å². The number of aromatic nitrogens is 1. The molecule has 7 nitrogen and oxygen atoms in total. The van der Waals surface area contributed by atoms with Gasteiger partial charge in [0.1, 0.15) is 0 Å². The number of likely N-dealkylation sites (N-methyl/N-ethyl adjacent to an activating group) is 1. The smallest absolute Gasteiger partial charge is 0.260 e. The average Bonchev–Trinajstić information content (AvgIpc) is 2.35. The van der Waals surface area contributed by atoms with Crippen molar-refractivity contribution in [1.82, 2.24) is 9.88 Å². The Bertz CT molecular complexity index is 461. The molecule has 0 saturated carbocycles. The number of rotatable bonds is 5. The van der Waals surface area contributed by atoms with E-state index in [0.717, 1.165) is 4.90 Å². The minimum absolute atomic E-state index is 0.0272. The van der Waals surface area contributed by atoms with Crippen LogP contribution < -0.4 is 0 Å². The van der Waals surface area contributed by atoms with Crippen LogP contribution in [0.3, 0.4) is 0 Å². The second-order valence-electron chi connectivity index (χ2n) is 3.43. The Morgan fingerprint density at radius 1 is 1.67 bits per heavy atom. The molecule has 18 heavy (non-hydrogen) atoms. The van der Waals surface area contributed by atoms with Crippen LogP contribution in [0, 0.1) is 16.1 Å². The molecule has 0 aromatic carbocycles. The minimum atomic E-state index is -0.613. The Hall–Kier alpha value is -2.38. The summed E-state index contributed by atoms with van der Waals surface area (Å²) in [5.74, 6) is -0.586. The molecule has 0 saturated heterocycles. The molecule has 0 fully saturated rings. The van der Waals surface area contributed by atoms with Crippen molar-refractivity contribution in [3.8, 4) is 0 Å². The summed E-state index contributed by atoms with van der Waals surface area (Å²) in [6.45, 7) is -0.460. The molecule has 0 N–H and O–H groups in total. The van der Waals surface area contributed by atoms with Gasteiger partial charge in [-0.1, -0.05) is 6.07 Å². The Morgan fingerprint density at radius 3 is 2.89 bits per heavy atom. The fourth-order valence-corrected chi connectivity index (χ4v) is 1.13. The highest BCUT2D eigenvalue weighted by Gasteiger charge is 2.12. The van der Waals surface area contributed by atoms with Crippen LogP contribution in [0.1, 0.15) is 5.56 Å². The second kappa shape index (κ2) is 6.38. The van der Waals surface area contributed by atoms with Crippen molar-refractivity contribution in [3.63, 3.8) is 0 Å². The van der Waals surface area contributed by atoms with E-state index in [1.165, 1.54) is 25.4 Å². The second-order valence-corrected chi connectivity index (χ2v) is 3.43. The van der Waals surface area contributed by atoms with Crippen molar-refractivity contribution >= 4 is 12.2 Å². The van der Waals surface area contributed by atoms with Crippen molar-refractivity contribution in [1.29, 1.82) is 0 Å². The van der Waals surface area contributed by atoms with E-state index in [1.807, 2.05) is 0 Å². The lowest BCUT2D eigenvalue weighted by molar-refractivity contribution is -0.464. The highest BCUT2D eigenvalue weighted by atomic mass is 19.1. The first-order valence-corrected chi connectivity index (χ1v) is 4.96. The topological polar surface area (TPSA) is 88.7 Å². The quantitative estimate of drug-likeness (QED) is 0.191. The van der Waals surface area contributed by atoms with Gasteiger partial charge in [0.2, 0.25) is 12.4 Å². The largest absolute Gasteiger partial charge is 0.301 e. The number of amidine groups is 1. The summed E-state index contributed by atoms with van der Waals surface area (Å²) in [5, 5.41) is 10.4. The molecule has 0 aliphatic rings. The number of nitro groups is 1. The summed E-state index contributed by atoms with van der Waals surface area (Å²) in [5.41, 5.74) is 0.594. The number of carbonyl (C=O) groups excluding carboxylic acids is 1. The molecule has 1 rings (SSSR count). The monoisotopic (exact) mass is 254 g/mol. The number of hydrogen-bond donors (Lipinski definition) is 0. The van der Waals surface area contributed by atoms with Gasteiger partial charge < -0.3 is 4.90 Å². The summed E-state index contributed by atoms with van der Waals surface area (Å²) < 4.78 is 12.5. The van der Waals surface area contributed by atoms with Crippen molar-refractivity contribution in [2.24, 2.45) is 4.99 Å². The molecule has 0 radical (unpaired) electrons. The van der Waals surface area contributed by atoms with E-state index >= 15 is 0 Å². The molecule has 0 aliphatic carbocycles. The van der Waals surface area contributed by atoms with Crippen LogP contribution in [0.4, 0.5) is 4.39 Å².